The van der Waals surface area contributed by atoms with Gasteiger partial charge in [-0.2, -0.15) is 0 Å². The van der Waals surface area contributed by atoms with Crippen LogP contribution in [0, 0.1) is 0 Å². The highest BCUT2D eigenvalue weighted by atomic mass is 79.9. The topological polar surface area (TPSA) is 9.23 Å². The minimum atomic E-state index is 0.321. The van der Waals surface area contributed by atoms with Gasteiger partial charge in [-0.3, -0.25) is 0 Å². The zero-order valence-corrected chi connectivity index (χ0v) is 13.1. The van der Waals surface area contributed by atoms with E-state index in [0.29, 0.717) is 11.8 Å². The molecule has 0 saturated heterocycles. The maximum Gasteiger partial charge on any atom is 0.119 e. The van der Waals surface area contributed by atoms with Crippen molar-refractivity contribution in [3.8, 4) is 5.75 Å². The Balaban J connectivity index is 2.16. The molecule has 100 valence electrons. The molecule has 0 bridgehead atoms. The normalized spacial score (nSPS) is 12.2. The molecule has 1 nitrogen and oxygen atoms in total. The maximum absolute atomic E-state index is 6.12. The number of rotatable bonds is 5. The van der Waals surface area contributed by atoms with Crippen molar-refractivity contribution in [2.45, 2.75) is 12.3 Å². The monoisotopic (exact) mass is 338 g/mol. The van der Waals surface area contributed by atoms with Gasteiger partial charge in [-0.15, -0.1) is 11.6 Å². The van der Waals surface area contributed by atoms with Gasteiger partial charge in [0, 0.05) is 16.3 Å². The number of halogens is 2. The largest absolute Gasteiger partial charge is 0.497 e. The molecule has 0 aliphatic carbocycles. The van der Waals surface area contributed by atoms with E-state index in [2.05, 4.69) is 52.3 Å². The van der Waals surface area contributed by atoms with Crippen molar-refractivity contribution >= 4 is 27.5 Å². The van der Waals surface area contributed by atoms with Gasteiger partial charge in [0.2, 0.25) is 0 Å². The van der Waals surface area contributed by atoms with Gasteiger partial charge in [0.05, 0.1) is 7.11 Å². The summed E-state index contributed by atoms with van der Waals surface area (Å²) in [5, 5.41) is 0. The van der Waals surface area contributed by atoms with Crippen molar-refractivity contribution in [3.05, 3.63) is 64.1 Å². The van der Waals surface area contributed by atoms with Crippen LogP contribution in [0.5, 0.6) is 5.75 Å². The minimum absolute atomic E-state index is 0.321. The molecule has 0 fully saturated rings. The van der Waals surface area contributed by atoms with Gasteiger partial charge < -0.3 is 4.74 Å². The Bertz CT molecular complexity index is 525. The number of ether oxygens (including phenoxy) is 1. The van der Waals surface area contributed by atoms with Crippen LogP contribution in [0.15, 0.2) is 53.0 Å². The third-order valence-electron chi connectivity index (χ3n) is 3.14. The van der Waals surface area contributed by atoms with Gasteiger partial charge in [-0.05, 0) is 41.8 Å². The molecule has 0 N–H and O–H groups in total. The van der Waals surface area contributed by atoms with Gasteiger partial charge in [-0.25, -0.2) is 0 Å². The molecule has 0 aromatic heterocycles. The third-order valence-corrected chi connectivity index (χ3v) is 4.05. The van der Waals surface area contributed by atoms with Crippen molar-refractivity contribution in [3.63, 3.8) is 0 Å². The van der Waals surface area contributed by atoms with Crippen LogP contribution in [0.4, 0.5) is 0 Å². The highest BCUT2D eigenvalue weighted by Crippen LogP contribution is 2.25. The molecule has 2 aromatic carbocycles. The summed E-state index contributed by atoms with van der Waals surface area (Å²) in [7, 11) is 1.69. The van der Waals surface area contributed by atoms with E-state index in [1.807, 2.05) is 12.1 Å². The van der Waals surface area contributed by atoms with Crippen LogP contribution in [-0.4, -0.2) is 13.0 Å². The average molecular weight is 340 g/mol. The Labute approximate surface area is 127 Å². The predicted octanol–water partition coefficient (Wildman–Crippen LogP) is 5.02. The van der Waals surface area contributed by atoms with E-state index in [4.69, 9.17) is 16.3 Å². The Kier molecular flexibility index (Phi) is 5.29. The summed E-state index contributed by atoms with van der Waals surface area (Å²) < 4.78 is 6.34. The molecule has 0 spiro atoms. The third kappa shape index (κ3) is 3.99. The molecule has 1 unspecified atom stereocenters. The Morgan fingerprint density at radius 3 is 2.53 bits per heavy atom. The Morgan fingerprint density at radius 1 is 1.16 bits per heavy atom. The number of benzene rings is 2. The van der Waals surface area contributed by atoms with E-state index in [-0.39, 0.29) is 0 Å². The number of alkyl halides is 1. The van der Waals surface area contributed by atoms with E-state index >= 15 is 0 Å². The first-order valence-corrected chi connectivity index (χ1v) is 7.50. The molecule has 2 rings (SSSR count). The second-order valence-corrected chi connectivity index (χ2v) is 5.68. The SMILES string of the molecule is COc1cccc(CC(CCl)c2ccc(Br)cc2)c1. The average Bonchev–Trinajstić information content (AvgIpc) is 2.46. The number of hydrogen-bond donors (Lipinski definition) is 0. The first-order valence-electron chi connectivity index (χ1n) is 6.17. The van der Waals surface area contributed by atoms with E-state index in [0.717, 1.165) is 16.6 Å². The highest BCUT2D eigenvalue weighted by molar-refractivity contribution is 9.10. The molecule has 0 aliphatic rings. The van der Waals surface area contributed by atoms with Crippen molar-refractivity contribution < 1.29 is 4.74 Å². The van der Waals surface area contributed by atoms with Gasteiger partial charge in [-0.1, -0.05) is 40.2 Å². The first kappa shape index (κ1) is 14.4. The smallest absolute Gasteiger partial charge is 0.119 e. The summed E-state index contributed by atoms with van der Waals surface area (Å²) in [5.74, 6) is 1.82. The number of methoxy groups -OCH3 is 1. The molecule has 1 atom stereocenters. The lowest BCUT2D eigenvalue weighted by Gasteiger charge is -2.15. The molecular weight excluding hydrogens is 324 g/mol. The van der Waals surface area contributed by atoms with Crippen molar-refractivity contribution in [1.82, 2.24) is 0 Å². The lowest BCUT2D eigenvalue weighted by molar-refractivity contribution is 0.414. The lowest BCUT2D eigenvalue weighted by atomic mass is 9.93. The van der Waals surface area contributed by atoms with E-state index in [1.165, 1.54) is 11.1 Å². The summed E-state index contributed by atoms with van der Waals surface area (Å²) in [5.41, 5.74) is 2.51. The summed E-state index contributed by atoms with van der Waals surface area (Å²) in [4.78, 5) is 0. The van der Waals surface area contributed by atoms with Gasteiger partial charge in [0.1, 0.15) is 5.75 Å². The minimum Gasteiger partial charge on any atom is -0.497 e. The standard InChI is InChI=1S/C16H16BrClO/c1-19-16-4-2-3-12(10-16)9-14(11-18)13-5-7-15(17)8-6-13/h2-8,10,14H,9,11H2,1H3. The van der Waals surface area contributed by atoms with Crippen LogP contribution in [0.25, 0.3) is 0 Å². The number of hydrogen-bond acceptors (Lipinski definition) is 1. The molecule has 2 aromatic rings. The molecule has 19 heavy (non-hydrogen) atoms. The molecule has 0 saturated carbocycles. The van der Waals surface area contributed by atoms with Gasteiger partial charge >= 0.3 is 0 Å². The second kappa shape index (κ2) is 6.97. The van der Waals surface area contributed by atoms with Crippen molar-refractivity contribution in [2.75, 3.05) is 13.0 Å². The van der Waals surface area contributed by atoms with Crippen LogP contribution in [0.3, 0.4) is 0 Å². The Hall–Kier alpha value is -0.990. The van der Waals surface area contributed by atoms with Crippen LogP contribution in [-0.2, 0) is 6.42 Å². The van der Waals surface area contributed by atoms with Crippen LogP contribution in [0.2, 0.25) is 0 Å². The second-order valence-electron chi connectivity index (χ2n) is 4.46. The summed E-state index contributed by atoms with van der Waals surface area (Å²) in [6.07, 6.45) is 0.919. The molecule has 0 amide bonds. The summed E-state index contributed by atoms with van der Waals surface area (Å²) in [6.45, 7) is 0. The zero-order chi connectivity index (χ0) is 13.7. The van der Waals surface area contributed by atoms with Crippen molar-refractivity contribution in [2.24, 2.45) is 0 Å². The van der Waals surface area contributed by atoms with Crippen LogP contribution < -0.4 is 4.74 Å². The fraction of sp³-hybridized carbons (Fsp3) is 0.250. The fourth-order valence-electron chi connectivity index (χ4n) is 2.08. The zero-order valence-electron chi connectivity index (χ0n) is 10.8. The van der Waals surface area contributed by atoms with E-state index in [9.17, 15) is 0 Å². The highest BCUT2D eigenvalue weighted by Gasteiger charge is 2.11. The van der Waals surface area contributed by atoms with Crippen molar-refractivity contribution in [1.29, 1.82) is 0 Å². The summed E-state index contributed by atoms with van der Waals surface area (Å²) >= 11 is 9.58. The van der Waals surface area contributed by atoms with Gasteiger partial charge in [0.25, 0.3) is 0 Å². The Morgan fingerprint density at radius 2 is 1.89 bits per heavy atom. The quantitative estimate of drug-likeness (QED) is 0.695. The molecule has 0 aliphatic heterocycles. The maximum atomic E-state index is 6.12. The van der Waals surface area contributed by atoms with E-state index in [1.54, 1.807) is 7.11 Å². The predicted molar refractivity (Wildman–Crippen MR) is 84.3 cm³/mol. The van der Waals surface area contributed by atoms with E-state index < -0.39 is 0 Å². The summed E-state index contributed by atoms with van der Waals surface area (Å²) in [6, 6.07) is 16.5. The molecular formula is C16H16BrClO. The lowest BCUT2D eigenvalue weighted by Crippen LogP contribution is -2.04. The molecule has 3 heteroatoms. The van der Waals surface area contributed by atoms with Crippen LogP contribution >= 0.6 is 27.5 Å². The fourth-order valence-corrected chi connectivity index (χ4v) is 2.63. The molecule has 0 radical (unpaired) electrons. The van der Waals surface area contributed by atoms with Gasteiger partial charge in [0.15, 0.2) is 0 Å². The molecule has 0 heterocycles. The first-order chi connectivity index (χ1) is 9.22. The van der Waals surface area contributed by atoms with Crippen LogP contribution in [0.1, 0.15) is 17.0 Å².